The molecule has 1 heterocycles. The minimum atomic E-state index is -0.449. The maximum Gasteiger partial charge on any atom is 0.119 e. The van der Waals surface area contributed by atoms with Crippen LogP contribution in [0.25, 0.3) is 0 Å². The minimum absolute atomic E-state index is 0.345. The normalized spacial score (nSPS) is 18.2. The second-order valence-electron chi connectivity index (χ2n) is 5.08. The lowest BCUT2D eigenvalue weighted by Crippen LogP contribution is -2.39. The quantitative estimate of drug-likeness (QED) is 0.839. The molecule has 3 nitrogen and oxygen atoms in total. The van der Waals surface area contributed by atoms with E-state index in [1.165, 1.54) is 29.9 Å². The second-order valence-corrected chi connectivity index (χ2v) is 6.30. The van der Waals surface area contributed by atoms with Crippen molar-refractivity contribution in [3.05, 3.63) is 29.8 Å². The Hall–Kier alpha value is -0.710. The van der Waals surface area contributed by atoms with Crippen molar-refractivity contribution in [1.82, 2.24) is 5.32 Å². The Morgan fingerprint density at radius 1 is 1.42 bits per heavy atom. The van der Waals surface area contributed by atoms with Gasteiger partial charge in [-0.1, -0.05) is 12.1 Å². The molecule has 1 aromatic carbocycles. The number of hydrogen-bond donors (Lipinski definition) is 2. The van der Waals surface area contributed by atoms with E-state index in [1.807, 2.05) is 43.0 Å². The Morgan fingerprint density at radius 3 is 2.95 bits per heavy atom. The SMILES string of the molecule is Cc1cccc(OCC(O)CNC2CCSCC2)c1. The van der Waals surface area contributed by atoms with Gasteiger partial charge >= 0.3 is 0 Å². The first kappa shape index (κ1) is 14.7. The summed E-state index contributed by atoms with van der Waals surface area (Å²) in [6, 6.07) is 8.47. The van der Waals surface area contributed by atoms with Crippen molar-refractivity contribution in [1.29, 1.82) is 0 Å². The van der Waals surface area contributed by atoms with Crippen LogP contribution in [0.1, 0.15) is 18.4 Å². The van der Waals surface area contributed by atoms with E-state index >= 15 is 0 Å². The Morgan fingerprint density at radius 2 is 2.21 bits per heavy atom. The van der Waals surface area contributed by atoms with Gasteiger partial charge in [-0.05, 0) is 49.0 Å². The van der Waals surface area contributed by atoms with E-state index in [9.17, 15) is 5.11 Å². The summed E-state index contributed by atoms with van der Waals surface area (Å²) in [5, 5.41) is 13.3. The molecule has 0 aromatic heterocycles. The molecule has 1 aliphatic rings. The monoisotopic (exact) mass is 281 g/mol. The maximum absolute atomic E-state index is 9.92. The van der Waals surface area contributed by atoms with Gasteiger partial charge in [-0.25, -0.2) is 0 Å². The van der Waals surface area contributed by atoms with Crippen molar-refractivity contribution in [2.24, 2.45) is 0 Å². The summed E-state index contributed by atoms with van der Waals surface area (Å²) >= 11 is 2.01. The Kier molecular flexibility index (Phi) is 6.01. The van der Waals surface area contributed by atoms with Crippen molar-refractivity contribution < 1.29 is 9.84 Å². The van der Waals surface area contributed by atoms with Crippen LogP contribution < -0.4 is 10.1 Å². The summed E-state index contributed by atoms with van der Waals surface area (Å²) in [6.07, 6.45) is 1.96. The standard InChI is InChI=1S/C15H23NO2S/c1-12-3-2-4-15(9-12)18-11-14(17)10-16-13-5-7-19-8-6-13/h2-4,9,13-14,16-17H,5-8,10-11H2,1H3. The summed E-state index contributed by atoms with van der Waals surface area (Å²) in [5.41, 5.74) is 1.17. The molecule has 4 heteroatoms. The molecule has 1 fully saturated rings. The number of aryl methyl sites for hydroxylation is 1. The topological polar surface area (TPSA) is 41.5 Å². The first-order valence-electron chi connectivity index (χ1n) is 6.92. The highest BCUT2D eigenvalue weighted by Crippen LogP contribution is 2.17. The lowest BCUT2D eigenvalue weighted by molar-refractivity contribution is 0.103. The smallest absolute Gasteiger partial charge is 0.119 e. The summed E-state index contributed by atoms with van der Waals surface area (Å²) in [6.45, 7) is 2.99. The van der Waals surface area contributed by atoms with Gasteiger partial charge in [0, 0.05) is 12.6 Å². The fourth-order valence-corrected chi connectivity index (χ4v) is 3.27. The van der Waals surface area contributed by atoms with Crippen LogP contribution in [0.5, 0.6) is 5.75 Å². The summed E-state index contributed by atoms with van der Waals surface area (Å²) in [7, 11) is 0. The van der Waals surface area contributed by atoms with Crippen LogP contribution in [0.2, 0.25) is 0 Å². The van der Waals surface area contributed by atoms with Crippen LogP contribution >= 0.6 is 11.8 Å². The third-order valence-electron chi connectivity index (χ3n) is 3.30. The summed E-state index contributed by atoms with van der Waals surface area (Å²) < 4.78 is 5.59. The van der Waals surface area contributed by atoms with Gasteiger partial charge in [-0.15, -0.1) is 0 Å². The van der Waals surface area contributed by atoms with Crippen LogP contribution in [0.3, 0.4) is 0 Å². The number of thioether (sulfide) groups is 1. The number of rotatable bonds is 6. The molecule has 2 rings (SSSR count). The first-order chi connectivity index (χ1) is 9.24. The van der Waals surface area contributed by atoms with Crippen molar-refractivity contribution in [2.75, 3.05) is 24.7 Å². The Labute approximate surface area is 119 Å². The number of nitrogens with one attached hydrogen (secondary N) is 1. The van der Waals surface area contributed by atoms with E-state index in [-0.39, 0.29) is 0 Å². The Balaban J connectivity index is 1.65. The van der Waals surface area contributed by atoms with E-state index < -0.39 is 6.10 Å². The zero-order chi connectivity index (χ0) is 13.5. The lowest BCUT2D eigenvalue weighted by atomic mass is 10.1. The van der Waals surface area contributed by atoms with Crippen LogP contribution in [0.4, 0.5) is 0 Å². The predicted octanol–water partition coefficient (Wildman–Crippen LogP) is 2.22. The third-order valence-corrected chi connectivity index (χ3v) is 4.34. The van der Waals surface area contributed by atoms with Gasteiger partial charge in [0.2, 0.25) is 0 Å². The molecule has 0 aliphatic carbocycles. The fourth-order valence-electron chi connectivity index (χ4n) is 2.16. The van der Waals surface area contributed by atoms with E-state index in [2.05, 4.69) is 5.32 Å². The minimum Gasteiger partial charge on any atom is -0.491 e. The molecule has 1 saturated heterocycles. The maximum atomic E-state index is 9.92. The van der Waals surface area contributed by atoms with Gasteiger partial charge in [0.1, 0.15) is 18.5 Å². The van der Waals surface area contributed by atoms with Crippen LogP contribution in [-0.2, 0) is 0 Å². The van der Waals surface area contributed by atoms with Gasteiger partial charge in [0.25, 0.3) is 0 Å². The summed E-state index contributed by atoms with van der Waals surface area (Å²) in [5.74, 6) is 3.29. The third kappa shape index (κ3) is 5.43. The highest BCUT2D eigenvalue weighted by Gasteiger charge is 2.14. The molecule has 19 heavy (non-hydrogen) atoms. The number of ether oxygens (including phenoxy) is 1. The fraction of sp³-hybridized carbons (Fsp3) is 0.600. The van der Waals surface area contributed by atoms with Gasteiger partial charge in [0.15, 0.2) is 0 Å². The average molecular weight is 281 g/mol. The first-order valence-corrected chi connectivity index (χ1v) is 8.08. The summed E-state index contributed by atoms with van der Waals surface area (Å²) in [4.78, 5) is 0. The van der Waals surface area contributed by atoms with Crippen LogP contribution in [-0.4, -0.2) is 41.9 Å². The van der Waals surface area contributed by atoms with Gasteiger partial charge in [0.05, 0.1) is 0 Å². The second kappa shape index (κ2) is 7.78. The Bertz CT molecular complexity index is 380. The number of aliphatic hydroxyl groups excluding tert-OH is 1. The number of aliphatic hydroxyl groups is 1. The van der Waals surface area contributed by atoms with Crippen molar-refractivity contribution in [3.8, 4) is 5.75 Å². The zero-order valence-electron chi connectivity index (χ0n) is 11.5. The van der Waals surface area contributed by atoms with Gasteiger partial charge < -0.3 is 15.2 Å². The van der Waals surface area contributed by atoms with Crippen molar-refractivity contribution >= 4 is 11.8 Å². The molecule has 0 spiro atoms. The average Bonchev–Trinajstić information content (AvgIpc) is 2.44. The molecular weight excluding hydrogens is 258 g/mol. The van der Waals surface area contributed by atoms with E-state index in [0.717, 1.165) is 5.75 Å². The molecule has 1 atom stereocenters. The molecule has 1 aliphatic heterocycles. The van der Waals surface area contributed by atoms with Gasteiger partial charge in [-0.2, -0.15) is 11.8 Å². The molecule has 0 saturated carbocycles. The zero-order valence-corrected chi connectivity index (χ0v) is 12.3. The highest BCUT2D eigenvalue weighted by atomic mass is 32.2. The van der Waals surface area contributed by atoms with E-state index in [1.54, 1.807) is 0 Å². The van der Waals surface area contributed by atoms with E-state index in [4.69, 9.17) is 4.74 Å². The molecule has 0 bridgehead atoms. The van der Waals surface area contributed by atoms with Crippen LogP contribution in [0.15, 0.2) is 24.3 Å². The predicted molar refractivity (Wildman–Crippen MR) is 81.0 cm³/mol. The molecule has 0 amide bonds. The number of benzene rings is 1. The van der Waals surface area contributed by atoms with Crippen LogP contribution in [0, 0.1) is 6.92 Å². The largest absolute Gasteiger partial charge is 0.491 e. The molecule has 1 aromatic rings. The molecule has 1 unspecified atom stereocenters. The number of hydrogen-bond acceptors (Lipinski definition) is 4. The van der Waals surface area contributed by atoms with E-state index in [0.29, 0.717) is 19.2 Å². The molecular formula is C15H23NO2S. The highest BCUT2D eigenvalue weighted by molar-refractivity contribution is 7.99. The van der Waals surface area contributed by atoms with Crippen molar-refractivity contribution in [3.63, 3.8) is 0 Å². The molecule has 0 radical (unpaired) electrons. The van der Waals surface area contributed by atoms with Gasteiger partial charge in [-0.3, -0.25) is 0 Å². The molecule has 106 valence electrons. The lowest BCUT2D eigenvalue weighted by Gasteiger charge is -2.24. The van der Waals surface area contributed by atoms with Crippen molar-refractivity contribution in [2.45, 2.75) is 31.9 Å². The molecule has 2 N–H and O–H groups in total.